The Balaban J connectivity index is 1.82. The number of hydrogen-bond acceptors (Lipinski definition) is 5. The first-order valence-electron chi connectivity index (χ1n) is 12.1. The number of hydrogen-bond donors (Lipinski definition) is 1. The molecule has 3 rings (SSSR count). The molecule has 0 saturated heterocycles. The number of carbonyl (C=O) groups excluding carboxylic acids is 1. The van der Waals surface area contributed by atoms with Gasteiger partial charge in [0.1, 0.15) is 18.1 Å². The minimum absolute atomic E-state index is 0.106. The van der Waals surface area contributed by atoms with E-state index < -0.39 is 19.5 Å². The average molecular weight is 496 g/mol. The SMILES string of the molecule is CCCC(NC(=O)OCc1ccccc1)P(=O)(Oc1ccc(CC)cc1)Oc1ccc(CC)cc1. The zero-order valence-electron chi connectivity index (χ0n) is 20.6. The first-order valence-corrected chi connectivity index (χ1v) is 13.7. The Labute approximate surface area is 208 Å². The van der Waals surface area contributed by atoms with Crippen LogP contribution in [0.5, 0.6) is 11.5 Å². The van der Waals surface area contributed by atoms with E-state index in [1.54, 1.807) is 24.3 Å². The number of nitrogens with one attached hydrogen (secondary N) is 1. The third-order valence-corrected chi connectivity index (χ3v) is 7.65. The summed E-state index contributed by atoms with van der Waals surface area (Å²) in [4.78, 5) is 12.7. The van der Waals surface area contributed by atoms with E-state index in [1.165, 1.54) is 0 Å². The Bertz CT molecular complexity index is 1050. The van der Waals surface area contributed by atoms with E-state index in [1.807, 2.05) is 61.5 Å². The topological polar surface area (TPSA) is 73.9 Å². The number of rotatable bonds is 12. The van der Waals surface area contributed by atoms with E-state index in [4.69, 9.17) is 13.8 Å². The van der Waals surface area contributed by atoms with Crippen molar-refractivity contribution in [1.29, 1.82) is 0 Å². The van der Waals surface area contributed by atoms with Crippen molar-refractivity contribution in [3.8, 4) is 11.5 Å². The molecular weight excluding hydrogens is 461 g/mol. The molecule has 0 aliphatic heterocycles. The molecule has 0 radical (unpaired) electrons. The maximum absolute atomic E-state index is 14.2. The van der Waals surface area contributed by atoms with Crippen LogP contribution in [-0.4, -0.2) is 11.9 Å². The van der Waals surface area contributed by atoms with Gasteiger partial charge in [-0.2, -0.15) is 0 Å². The zero-order valence-corrected chi connectivity index (χ0v) is 21.5. The number of benzene rings is 3. The summed E-state index contributed by atoms with van der Waals surface area (Å²) in [6.07, 6.45) is 2.13. The van der Waals surface area contributed by atoms with Gasteiger partial charge in [0.2, 0.25) is 0 Å². The Hall–Kier alpha value is -3.24. The van der Waals surface area contributed by atoms with Crippen LogP contribution in [0.25, 0.3) is 0 Å². The molecule has 7 heteroatoms. The van der Waals surface area contributed by atoms with E-state index in [0.29, 0.717) is 24.3 Å². The van der Waals surface area contributed by atoms with Crippen LogP contribution in [0.2, 0.25) is 0 Å². The lowest BCUT2D eigenvalue weighted by Gasteiger charge is -2.28. The molecule has 1 atom stereocenters. The number of aryl methyl sites for hydroxylation is 2. The van der Waals surface area contributed by atoms with E-state index in [2.05, 4.69) is 19.2 Å². The van der Waals surface area contributed by atoms with Crippen molar-refractivity contribution in [1.82, 2.24) is 5.32 Å². The molecular formula is C28H34NO5P. The number of ether oxygens (including phenoxy) is 1. The maximum atomic E-state index is 14.2. The van der Waals surface area contributed by atoms with Gasteiger partial charge in [0.25, 0.3) is 0 Å². The van der Waals surface area contributed by atoms with Gasteiger partial charge >= 0.3 is 13.7 Å². The predicted molar refractivity (Wildman–Crippen MR) is 139 cm³/mol. The highest BCUT2D eigenvalue weighted by atomic mass is 31.2. The van der Waals surface area contributed by atoms with Gasteiger partial charge in [0.05, 0.1) is 0 Å². The molecule has 1 unspecified atom stereocenters. The highest BCUT2D eigenvalue weighted by molar-refractivity contribution is 7.55. The summed E-state index contributed by atoms with van der Waals surface area (Å²) in [5, 5.41) is 2.74. The summed E-state index contributed by atoms with van der Waals surface area (Å²) >= 11 is 0. The highest BCUT2D eigenvalue weighted by Crippen LogP contribution is 2.53. The lowest BCUT2D eigenvalue weighted by Crippen LogP contribution is -2.37. The molecule has 0 aliphatic carbocycles. The van der Waals surface area contributed by atoms with E-state index in [-0.39, 0.29) is 6.61 Å². The summed E-state index contributed by atoms with van der Waals surface area (Å²) < 4.78 is 31.6. The molecule has 1 N–H and O–H groups in total. The van der Waals surface area contributed by atoms with Gasteiger partial charge in [-0.25, -0.2) is 9.36 Å². The monoisotopic (exact) mass is 495 g/mol. The van der Waals surface area contributed by atoms with Gasteiger partial charge < -0.3 is 19.1 Å². The van der Waals surface area contributed by atoms with Crippen LogP contribution in [0.15, 0.2) is 78.9 Å². The lowest BCUT2D eigenvalue weighted by molar-refractivity contribution is 0.137. The fraction of sp³-hybridized carbons (Fsp3) is 0.321. The molecule has 6 nitrogen and oxygen atoms in total. The first kappa shape index (κ1) is 26.4. The third-order valence-electron chi connectivity index (χ3n) is 5.57. The Morgan fingerprint density at radius 2 is 1.29 bits per heavy atom. The van der Waals surface area contributed by atoms with Gasteiger partial charge in [0, 0.05) is 0 Å². The fourth-order valence-corrected chi connectivity index (χ4v) is 5.46. The Morgan fingerprint density at radius 3 is 1.74 bits per heavy atom. The summed E-state index contributed by atoms with van der Waals surface area (Å²) in [5.74, 6) is -0.0694. The van der Waals surface area contributed by atoms with Gasteiger partial charge in [-0.15, -0.1) is 0 Å². The van der Waals surface area contributed by atoms with E-state index in [0.717, 1.165) is 29.5 Å². The molecule has 0 saturated carbocycles. The lowest BCUT2D eigenvalue weighted by atomic mass is 10.2. The Kier molecular flexibility index (Phi) is 9.80. The van der Waals surface area contributed by atoms with Gasteiger partial charge in [-0.3, -0.25) is 0 Å². The van der Waals surface area contributed by atoms with Gasteiger partial charge in [-0.05, 0) is 60.2 Å². The van der Waals surface area contributed by atoms with Gasteiger partial charge in [0.15, 0.2) is 5.78 Å². The van der Waals surface area contributed by atoms with Crippen LogP contribution in [0.4, 0.5) is 4.79 Å². The standard InChI is InChI=1S/C28H34NO5P/c1-4-10-27(29-28(30)32-21-24-11-8-7-9-12-24)35(31,33-25-17-13-22(5-2)14-18-25)34-26-19-15-23(6-3)16-20-26/h7-9,11-20,27H,4-6,10,21H2,1-3H3,(H,29,30). The second kappa shape index (κ2) is 13.0. The molecule has 0 aromatic heterocycles. The van der Waals surface area contributed by atoms with Crippen molar-refractivity contribution < 1.29 is 23.1 Å². The van der Waals surface area contributed by atoms with Crippen LogP contribution in [-0.2, 0) is 28.8 Å². The summed E-state index contributed by atoms with van der Waals surface area (Å²) in [5.41, 5.74) is 3.13. The highest BCUT2D eigenvalue weighted by Gasteiger charge is 2.40. The zero-order chi connectivity index (χ0) is 25.1. The average Bonchev–Trinajstić information content (AvgIpc) is 2.88. The van der Waals surface area contributed by atoms with Crippen molar-refractivity contribution in [2.24, 2.45) is 0 Å². The van der Waals surface area contributed by atoms with E-state index in [9.17, 15) is 9.36 Å². The molecule has 35 heavy (non-hydrogen) atoms. The minimum Gasteiger partial charge on any atom is -0.445 e. The molecule has 0 spiro atoms. The van der Waals surface area contributed by atoms with Crippen LogP contribution in [0.3, 0.4) is 0 Å². The quantitative estimate of drug-likeness (QED) is 0.263. The van der Waals surface area contributed by atoms with Crippen LogP contribution >= 0.6 is 7.60 Å². The van der Waals surface area contributed by atoms with Gasteiger partial charge in [-0.1, -0.05) is 81.8 Å². The van der Waals surface area contributed by atoms with Crippen molar-refractivity contribution in [3.05, 3.63) is 95.6 Å². The van der Waals surface area contributed by atoms with Crippen LogP contribution < -0.4 is 14.4 Å². The molecule has 0 aliphatic rings. The molecule has 3 aromatic carbocycles. The molecule has 3 aromatic rings. The molecule has 1 amide bonds. The maximum Gasteiger partial charge on any atom is 0.453 e. The predicted octanol–water partition coefficient (Wildman–Crippen LogP) is 7.51. The van der Waals surface area contributed by atoms with E-state index >= 15 is 0 Å². The largest absolute Gasteiger partial charge is 0.453 e. The van der Waals surface area contributed by atoms with Crippen LogP contribution in [0.1, 0.15) is 50.3 Å². The summed E-state index contributed by atoms with van der Waals surface area (Å²) in [6.45, 7) is 6.17. The molecule has 186 valence electrons. The van der Waals surface area contributed by atoms with Crippen molar-refractivity contribution in [3.63, 3.8) is 0 Å². The van der Waals surface area contributed by atoms with Crippen LogP contribution in [0, 0.1) is 0 Å². The number of alkyl carbamates (subject to hydrolysis) is 1. The summed E-state index contributed by atoms with van der Waals surface area (Å²) in [6, 6.07) is 24.2. The smallest absolute Gasteiger partial charge is 0.445 e. The summed E-state index contributed by atoms with van der Waals surface area (Å²) in [7, 11) is -3.90. The molecule has 0 fully saturated rings. The third kappa shape index (κ3) is 7.90. The minimum atomic E-state index is -3.90. The fourth-order valence-electron chi connectivity index (χ4n) is 3.50. The van der Waals surface area contributed by atoms with Crippen molar-refractivity contribution >= 4 is 13.7 Å². The molecule has 0 heterocycles. The molecule has 0 bridgehead atoms. The number of carbonyl (C=O) groups is 1. The van der Waals surface area contributed by atoms with Crippen molar-refractivity contribution in [2.75, 3.05) is 0 Å². The second-order valence-corrected chi connectivity index (χ2v) is 10.3. The normalized spacial score (nSPS) is 12.0. The number of amides is 1. The Morgan fingerprint density at radius 1 is 0.771 bits per heavy atom. The van der Waals surface area contributed by atoms with Crippen molar-refractivity contribution in [2.45, 2.75) is 58.8 Å². The second-order valence-electron chi connectivity index (χ2n) is 8.23. The first-order chi connectivity index (χ1) is 17.0.